The lowest BCUT2D eigenvalue weighted by atomic mass is 9.84. The summed E-state index contributed by atoms with van der Waals surface area (Å²) in [6.07, 6.45) is 6.19. The summed E-state index contributed by atoms with van der Waals surface area (Å²) in [7, 11) is 0. The lowest BCUT2D eigenvalue weighted by Gasteiger charge is -2.40. The van der Waals surface area contributed by atoms with Crippen LogP contribution in [0.3, 0.4) is 0 Å². The van der Waals surface area contributed by atoms with E-state index >= 15 is 0 Å². The van der Waals surface area contributed by atoms with Crippen LogP contribution in [0.1, 0.15) is 49.3 Å². The van der Waals surface area contributed by atoms with Crippen LogP contribution < -0.4 is 0 Å². The third-order valence-electron chi connectivity index (χ3n) is 4.79. The van der Waals surface area contributed by atoms with E-state index in [-0.39, 0.29) is 0 Å². The topological polar surface area (TPSA) is 40.5 Å². The van der Waals surface area contributed by atoms with E-state index in [0.29, 0.717) is 18.4 Å². The van der Waals surface area contributed by atoms with Gasteiger partial charge < -0.3 is 5.11 Å². The highest BCUT2D eigenvalue weighted by Crippen LogP contribution is 2.36. The van der Waals surface area contributed by atoms with Crippen LogP contribution in [-0.4, -0.2) is 29.1 Å². The van der Waals surface area contributed by atoms with Crippen molar-refractivity contribution in [3.05, 3.63) is 35.4 Å². The van der Waals surface area contributed by atoms with Crippen LogP contribution in [0.5, 0.6) is 0 Å². The molecule has 1 aromatic rings. The van der Waals surface area contributed by atoms with Gasteiger partial charge in [0, 0.05) is 19.0 Å². The predicted octanol–water partition coefficient (Wildman–Crippen LogP) is 3.25. The normalized spacial score (nSPS) is 27.0. The van der Waals surface area contributed by atoms with Crippen molar-refractivity contribution in [1.29, 1.82) is 0 Å². The molecule has 0 spiro atoms. The van der Waals surface area contributed by atoms with E-state index in [0.717, 1.165) is 25.9 Å². The molecule has 0 aromatic heterocycles. The van der Waals surface area contributed by atoms with E-state index in [1.807, 2.05) is 0 Å². The molecule has 1 saturated heterocycles. The lowest BCUT2D eigenvalue weighted by molar-refractivity contribution is -0.138. The van der Waals surface area contributed by atoms with Crippen LogP contribution in [0.15, 0.2) is 24.3 Å². The van der Waals surface area contributed by atoms with Crippen molar-refractivity contribution in [2.45, 2.75) is 44.6 Å². The Morgan fingerprint density at radius 2 is 2.10 bits per heavy atom. The molecule has 3 heteroatoms. The van der Waals surface area contributed by atoms with Gasteiger partial charge in [-0.15, -0.1) is 0 Å². The van der Waals surface area contributed by atoms with Crippen LogP contribution in [0.4, 0.5) is 0 Å². The zero-order valence-electron chi connectivity index (χ0n) is 11.9. The summed E-state index contributed by atoms with van der Waals surface area (Å²) < 4.78 is 0. The maximum Gasteiger partial charge on any atom is 0.303 e. The molecule has 108 valence electrons. The number of rotatable bonds is 3. The number of aryl methyl sites for hydroxylation is 1. The molecule has 3 rings (SSSR count). The summed E-state index contributed by atoms with van der Waals surface area (Å²) in [5.74, 6) is -0.323. The molecule has 1 aliphatic heterocycles. The Morgan fingerprint density at radius 3 is 2.95 bits per heavy atom. The van der Waals surface area contributed by atoms with Crippen LogP contribution in [-0.2, 0) is 11.2 Å². The second-order valence-electron chi connectivity index (χ2n) is 6.21. The SMILES string of the molecule is O=C(O)CC1CCCN(C2CCCc3ccccc32)C1. The van der Waals surface area contributed by atoms with Crippen molar-refractivity contribution in [3.8, 4) is 0 Å². The van der Waals surface area contributed by atoms with E-state index < -0.39 is 5.97 Å². The Balaban J connectivity index is 1.74. The molecule has 0 amide bonds. The minimum atomic E-state index is -0.652. The van der Waals surface area contributed by atoms with Gasteiger partial charge in [0.1, 0.15) is 0 Å². The van der Waals surface area contributed by atoms with Gasteiger partial charge in [0.2, 0.25) is 0 Å². The minimum absolute atomic E-state index is 0.324. The molecule has 1 aliphatic carbocycles. The summed E-state index contributed by atoms with van der Waals surface area (Å²) in [6, 6.07) is 9.29. The van der Waals surface area contributed by atoms with Crippen molar-refractivity contribution in [2.75, 3.05) is 13.1 Å². The number of benzene rings is 1. The molecule has 2 aliphatic rings. The number of piperidine rings is 1. The molecule has 1 aromatic carbocycles. The molecule has 2 unspecified atom stereocenters. The quantitative estimate of drug-likeness (QED) is 0.919. The highest BCUT2D eigenvalue weighted by molar-refractivity contribution is 5.67. The van der Waals surface area contributed by atoms with Crippen molar-refractivity contribution in [1.82, 2.24) is 4.90 Å². The fourth-order valence-electron chi connectivity index (χ4n) is 3.90. The highest BCUT2D eigenvalue weighted by Gasteiger charge is 2.30. The average Bonchev–Trinajstić information content (AvgIpc) is 2.46. The lowest BCUT2D eigenvalue weighted by Crippen LogP contribution is -2.40. The number of carboxylic acids is 1. The van der Waals surface area contributed by atoms with Crippen LogP contribution in [0, 0.1) is 5.92 Å². The summed E-state index contributed by atoms with van der Waals surface area (Å²) in [4.78, 5) is 13.5. The van der Waals surface area contributed by atoms with E-state index in [1.165, 1.54) is 30.4 Å². The average molecular weight is 273 g/mol. The van der Waals surface area contributed by atoms with Crippen LogP contribution >= 0.6 is 0 Å². The first-order valence-corrected chi connectivity index (χ1v) is 7.77. The number of hydrogen-bond donors (Lipinski definition) is 1. The Kier molecular flexibility index (Phi) is 4.06. The third-order valence-corrected chi connectivity index (χ3v) is 4.79. The Bertz CT molecular complexity index is 486. The van der Waals surface area contributed by atoms with Crippen molar-refractivity contribution < 1.29 is 9.90 Å². The fourth-order valence-corrected chi connectivity index (χ4v) is 3.90. The van der Waals surface area contributed by atoms with Gasteiger partial charge in [-0.3, -0.25) is 9.69 Å². The second kappa shape index (κ2) is 5.96. The third kappa shape index (κ3) is 2.88. The molecule has 1 N–H and O–H groups in total. The van der Waals surface area contributed by atoms with Gasteiger partial charge in [-0.1, -0.05) is 24.3 Å². The summed E-state index contributed by atoms with van der Waals surface area (Å²) >= 11 is 0. The van der Waals surface area contributed by atoms with E-state index in [2.05, 4.69) is 29.2 Å². The van der Waals surface area contributed by atoms with Crippen molar-refractivity contribution in [2.24, 2.45) is 5.92 Å². The summed E-state index contributed by atoms with van der Waals surface area (Å²) in [5, 5.41) is 9.00. The smallest absolute Gasteiger partial charge is 0.303 e. The molecule has 0 radical (unpaired) electrons. The zero-order chi connectivity index (χ0) is 13.9. The maximum atomic E-state index is 10.9. The Morgan fingerprint density at radius 1 is 1.25 bits per heavy atom. The number of nitrogens with zero attached hydrogens (tertiary/aromatic N) is 1. The molecule has 3 nitrogen and oxygen atoms in total. The van der Waals surface area contributed by atoms with Gasteiger partial charge in [0.15, 0.2) is 0 Å². The highest BCUT2D eigenvalue weighted by atomic mass is 16.4. The minimum Gasteiger partial charge on any atom is -0.481 e. The summed E-state index contributed by atoms with van der Waals surface area (Å²) in [5.41, 5.74) is 2.97. The first-order chi connectivity index (χ1) is 9.74. The van der Waals surface area contributed by atoms with Crippen molar-refractivity contribution >= 4 is 5.97 Å². The van der Waals surface area contributed by atoms with Crippen LogP contribution in [0.2, 0.25) is 0 Å². The number of aliphatic carboxylic acids is 1. The van der Waals surface area contributed by atoms with Gasteiger partial charge in [-0.25, -0.2) is 0 Å². The monoisotopic (exact) mass is 273 g/mol. The van der Waals surface area contributed by atoms with E-state index in [4.69, 9.17) is 5.11 Å². The van der Waals surface area contributed by atoms with Gasteiger partial charge >= 0.3 is 5.97 Å². The zero-order valence-corrected chi connectivity index (χ0v) is 11.9. The summed E-state index contributed by atoms with van der Waals surface area (Å²) in [6.45, 7) is 2.07. The molecule has 20 heavy (non-hydrogen) atoms. The number of carboxylic acid groups (broad SMARTS) is 1. The number of hydrogen-bond acceptors (Lipinski definition) is 2. The van der Waals surface area contributed by atoms with Gasteiger partial charge in [-0.2, -0.15) is 0 Å². The molecule has 0 bridgehead atoms. The standard InChI is InChI=1S/C17H23NO2/c19-17(20)11-13-5-4-10-18(12-13)16-9-3-7-14-6-1-2-8-15(14)16/h1-2,6,8,13,16H,3-5,7,9-12H2,(H,19,20). The second-order valence-corrected chi connectivity index (χ2v) is 6.21. The Hall–Kier alpha value is -1.35. The number of carbonyl (C=O) groups is 1. The number of fused-ring (bicyclic) bond motifs is 1. The molecule has 2 atom stereocenters. The maximum absolute atomic E-state index is 10.9. The predicted molar refractivity (Wildman–Crippen MR) is 78.7 cm³/mol. The van der Waals surface area contributed by atoms with E-state index in [1.54, 1.807) is 0 Å². The number of likely N-dealkylation sites (tertiary alicyclic amines) is 1. The Labute approximate surface area is 120 Å². The van der Waals surface area contributed by atoms with Crippen LogP contribution in [0.25, 0.3) is 0 Å². The van der Waals surface area contributed by atoms with Gasteiger partial charge in [0.05, 0.1) is 0 Å². The largest absolute Gasteiger partial charge is 0.481 e. The van der Waals surface area contributed by atoms with Gasteiger partial charge in [0.25, 0.3) is 0 Å². The molecule has 1 heterocycles. The van der Waals surface area contributed by atoms with Crippen molar-refractivity contribution in [3.63, 3.8) is 0 Å². The molecule has 1 fully saturated rings. The van der Waals surface area contributed by atoms with Gasteiger partial charge in [-0.05, 0) is 55.7 Å². The first kappa shape index (κ1) is 13.6. The fraction of sp³-hybridized carbons (Fsp3) is 0.588. The van der Waals surface area contributed by atoms with E-state index in [9.17, 15) is 4.79 Å². The first-order valence-electron chi connectivity index (χ1n) is 7.77. The molecular weight excluding hydrogens is 250 g/mol. The molecular formula is C17H23NO2. The molecule has 0 saturated carbocycles.